The summed E-state index contributed by atoms with van der Waals surface area (Å²) < 4.78 is 5.50. The standard InChI is InChI=1S/C12H15ClN2O3/c1-8-5-12(15(16)17)10(13)6-11(8)14-7-9-3-2-4-18-9/h5-6,9,14H,2-4,7H2,1H3. The van der Waals surface area contributed by atoms with Crippen LogP contribution in [0.2, 0.25) is 5.02 Å². The Morgan fingerprint density at radius 3 is 3.00 bits per heavy atom. The van der Waals surface area contributed by atoms with Crippen molar-refractivity contribution in [3.63, 3.8) is 0 Å². The fraction of sp³-hybridized carbons (Fsp3) is 0.500. The molecule has 98 valence electrons. The van der Waals surface area contributed by atoms with Crippen LogP contribution in [-0.4, -0.2) is 24.2 Å². The number of halogens is 1. The van der Waals surface area contributed by atoms with Gasteiger partial charge in [0.2, 0.25) is 0 Å². The normalized spacial score (nSPS) is 18.9. The van der Waals surface area contributed by atoms with Crippen molar-refractivity contribution in [2.75, 3.05) is 18.5 Å². The van der Waals surface area contributed by atoms with Crippen LogP contribution in [0.15, 0.2) is 12.1 Å². The lowest BCUT2D eigenvalue weighted by Crippen LogP contribution is -2.18. The van der Waals surface area contributed by atoms with Gasteiger partial charge in [0, 0.05) is 24.9 Å². The molecule has 6 heteroatoms. The zero-order valence-electron chi connectivity index (χ0n) is 10.1. The van der Waals surface area contributed by atoms with E-state index in [-0.39, 0.29) is 16.8 Å². The maximum Gasteiger partial charge on any atom is 0.288 e. The predicted octanol–water partition coefficient (Wildman–Crippen LogP) is 3.15. The van der Waals surface area contributed by atoms with Crippen molar-refractivity contribution >= 4 is 23.0 Å². The molecule has 1 aliphatic heterocycles. The van der Waals surface area contributed by atoms with E-state index in [1.807, 2.05) is 6.92 Å². The molecule has 0 radical (unpaired) electrons. The van der Waals surface area contributed by atoms with Gasteiger partial charge >= 0.3 is 0 Å². The Morgan fingerprint density at radius 2 is 2.39 bits per heavy atom. The Balaban J connectivity index is 2.08. The lowest BCUT2D eigenvalue weighted by atomic mass is 10.1. The first-order valence-corrected chi connectivity index (χ1v) is 6.25. The topological polar surface area (TPSA) is 64.4 Å². The van der Waals surface area contributed by atoms with Crippen LogP contribution >= 0.6 is 11.6 Å². The van der Waals surface area contributed by atoms with Gasteiger partial charge in [-0.05, 0) is 31.4 Å². The summed E-state index contributed by atoms with van der Waals surface area (Å²) in [5, 5.41) is 14.1. The minimum atomic E-state index is -0.473. The molecule has 1 saturated heterocycles. The summed E-state index contributed by atoms with van der Waals surface area (Å²) >= 11 is 5.88. The van der Waals surface area contributed by atoms with Crippen LogP contribution in [0.25, 0.3) is 0 Å². The molecule has 1 N–H and O–H groups in total. The molecular formula is C12H15ClN2O3. The largest absolute Gasteiger partial charge is 0.382 e. The van der Waals surface area contributed by atoms with Crippen molar-refractivity contribution in [3.8, 4) is 0 Å². The summed E-state index contributed by atoms with van der Waals surface area (Å²) in [5.74, 6) is 0. The Kier molecular flexibility index (Phi) is 4.04. The fourth-order valence-corrected chi connectivity index (χ4v) is 2.26. The monoisotopic (exact) mass is 270 g/mol. The molecule has 1 unspecified atom stereocenters. The second-order valence-corrected chi connectivity index (χ2v) is 4.80. The van der Waals surface area contributed by atoms with Crippen LogP contribution in [0.3, 0.4) is 0 Å². The second kappa shape index (κ2) is 5.54. The molecule has 1 aromatic carbocycles. The van der Waals surface area contributed by atoms with Crippen LogP contribution in [0, 0.1) is 17.0 Å². The summed E-state index contributed by atoms with van der Waals surface area (Å²) in [6.07, 6.45) is 2.36. The van der Waals surface area contributed by atoms with Crippen molar-refractivity contribution in [2.45, 2.75) is 25.9 Å². The molecule has 1 fully saturated rings. The molecule has 0 aliphatic carbocycles. The summed E-state index contributed by atoms with van der Waals surface area (Å²) in [4.78, 5) is 10.3. The average Bonchev–Trinajstić information content (AvgIpc) is 2.82. The number of aryl methyl sites for hydroxylation is 1. The van der Waals surface area contributed by atoms with Crippen molar-refractivity contribution in [1.82, 2.24) is 0 Å². The van der Waals surface area contributed by atoms with Gasteiger partial charge in [-0.3, -0.25) is 10.1 Å². The zero-order chi connectivity index (χ0) is 13.1. The third-order valence-corrected chi connectivity index (χ3v) is 3.34. The van der Waals surface area contributed by atoms with Crippen LogP contribution < -0.4 is 5.32 Å². The smallest absolute Gasteiger partial charge is 0.288 e. The van der Waals surface area contributed by atoms with Crippen LogP contribution in [-0.2, 0) is 4.74 Å². The number of rotatable bonds is 4. The Bertz CT molecular complexity index is 459. The van der Waals surface area contributed by atoms with Crippen LogP contribution in [0.4, 0.5) is 11.4 Å². The zero-order valence-corrected chi connectivity index (χ0v) is 10.9. The van der Waals surface area contributed by atoms with Gasteiger partial charge in [-0.15, -0.1) is 0 Å². The highest BCUT2D eigenvalue weighted by atomic mass is 35.5. The molecule has 1 atom stereocenters. The average molecular weight is 271 g/mol. The van der Waals surface area contributed by atoms with E-state index in [0.717, 1.165) is 30.7 Å². The molecule has 18 heavy (non-hydrogen) atoms. The number of hydrogen-bond donors (Lipinski definition) is 1. The van der Waals surface area contributed by atoms with Gasteiger partial charge in [-0.2, -0.15) is 0 Å². The van der Waals surface area contributed by atoms with Crippen molar-refractivity contribution < 1.29 is 9.66 Å². The summed E-state index contributed by atoms with van der Waals surface area (Å²) in [5.41, 5.74) is 1.57. The van der Waals surface area contributed by atoms with E-state index in [0.29, 0.717) is 6.54 Å². The van der Waals surface area contributed by atoms with Gasteiger partial charge in [0.15, 0.2) is 0 Å². The highest BCUT2D eigenvalue weighted by Crippen LogP contribution is 2.30. The molecule has 2 rings (SSSR count). The molecule has 1 aliphatic rings. The molecule has 0 saturated carbocycles. The van der Waals surface area contributed by atoms with Crippen LogP contribution in [0.5, 0.6) is 0 Å². The first-order valence-electron chi connectivity index (χ1n) is 5.88. The van der Waals surface area contributed by atoms with E-state index >= 15 is 0 Å². The van der Waals surface area contributed by atoms with E-state index in [9.17, 15) is 10.1 Å². The van der Waals surface area contributed by atoms with Gasteiger partial charge in [0.25, 0.3) is 5.69 Å². The quantitative estimate of drug-likeness (QED) is 0.674. The molecule has 0 aromatic heterocycles. The molecule has 1 heterocycles. The van der Waals surface area contributed by atoms with E-state index in [1.165, 1.54) is 6.07 Å². The Hall–Kier alpha value is -1.33. The molecule has 1 aromatic rings. The summed E-state index contributed by atoms with van der Waals surface area (Å²) in [7, 11) is 0. The van der Waals surface area contributed by atoms with E-state index in [4.69, 9.17) is 16.3 Å². The van der Waals surface area contributed by atoms with Gasteiger partial charge in [0.1, 0.15) is 5.02 Å². The predicted molar refractivity (Wildman–Crippen MR) is 70.3 cm³/mol. The third kappa shape index (κ3) is 2.91. The first-order chi connectivity index (χ1) is 8.58. The highest BCUT2D eigenvalue weighted by Gasteiger charge is 2.17. The van der Waals surface area contributed by atoms with E-state index in [2.05, 4.69) is 5.32 Å². The van der Waals surface area contributed by atoms with Gasteiger partial charge in [-0.25, -0.2) is 0 Å². The van der Waals surface area contributed by atoms with E-state index < -0.39 is 4.92 Å². The van der Waals surface area contributed by atoms with Gasteiger partial charge < -0.3 is 10.1 Å². The first kappa shape index (κ1) is 13.1. The Labute approximate surface area is 110 Å². The lowest BCUT2D eigenvalue weighted by molar-refractivity contribution is -0.384. The number of nitro groups is 1. The third-order valence-electron chi connectivity index (χ3n) is 3.03. The number of anilines is 1. The molecule has 5 nitrogen and oxygen atoms in total. The second-order valence-electron chi connectivity index (χ2n) is 4.39. The van der Waals surface area contributed by atoms with Crippen molar-refractivity contribution in [3.05, 3.63) is 32.8 Å². The highest BCUT2D eigenvalue weighted by molar-refractivity contribution is 6.33. The van der Waals surface area contributed by atoms with Gasteiger partial charge in [-0.1, -0.05) is 11.6 Å². The maximum atomic E-state index is 10.7. The number of benzene rings is 1. The number of nitro benzene ring substituents is 1. The Morgan fingerprint density at radius 1 is 1.61 bits per heavy atom. The van der Waals surface area contributed by atoms with E-state index in [1.54, 1.807) is 6.07 Å². The molecule has 0 spiro atoms. The number of nitrogens with zero attached hydrogens (tertiary/aromatic N) is 1. The number of nitrogens with one attached hydrogen (secondary N) is 1. The van der Waals surface area contributed by atoms with Crippen LogP contribution in [0.1, 0.15) is 18.4 Å². The SMILES string of the molecule is Cc1cc([N+](=O)[O-])c(Cl)cc1NCC1CCCO1. The number of ether oxygens (including phenoxy) is 1. The number of hydrogen-bond acceptors (Lipinski definition) is 4. The minimum absolute atomic E-state index is 0.0585. The molecule has 0 bridgehead atoms. The van der Waals surface area contributed by atoms with Crippen molar-refractivity contribution in [2.24, 2.45) is 0 Å². The van der Waals surface area contributed by atoms with Gasteiger partial charge in [0.05, 0.1) is 11.0 Å². The maximum absolute atomic E-state index is 10.7. The van der Waals surface area contributed by atoms with Crippen molar-refractivity contribution in [1.29, 1.82) is 0 Å². The fourth-order valence-electron chi connectivity index (χ4n) is 2.03. The molecule has 0 amide bonds. The minimum Gasteiger partial charge on any atom is -0.382 e. The molecular weight excluding hydrogens is 256 g/mol. The summed E-state index contributed by atoms with van der Waals surface area (Å²) in [6.45, 7) is 3.34. The summed E-state index contributed by atoms with van der Waals surface area (Å²) in [6, 6.07) is 3.09. The lowest BCUT2D eigenvalue weighted by Gasteiger charge is -2.14.